The van der Waals surface area contributed by atoms with Crippen LogP contribution >= 0.6 is 11.3 Å². The summed E-state index contributed by atoms with van der Waals surface area (Å²) in [5, 5.41) is 13.2. The van der Waals surface area contributed by atoms with E-state index in [0.717, 1.165) is 16.1 Å². The first-order valence-electron chi connectivity index (χ1n) is 9.66. The van der Waals surface area contributed by atoms with Crippen molar-refractivity contribution in [2.24, 2.45) is 0 Å². The molecule has 3 aromatic heterocycles. The number of amides is 1. The van der Waals surface area contributed by atoms with Crippen LogP contribution in [0.2, 0.25) is 0 Å². The summed E-state index contributed by atoms with van der Waals surface area (Å²) in [6, 6.07) is 17.3. The van der Waals surface area contributed by atoms with Gasteiger partial charge in [0.05, 0.1) is 16.3 Å². The molecular weight excluding hydrogens is 429 g/mol. The molecule has 3 heterocycles. The number of halogens is 1. The van der Waals surface area contributed by atoms with Gasteiger partial charge in [-0.25, -0.2) is 23.7 Å². The highest BCUT2D eigenvalue weighted by Crippen LogP contribution is 2.25. The van der Waals surface area contributed by atoms with Crippen molar-refractivity contribution in [3.05, 3.63) is 95.9 Å². The Bertz CT molecular complexity index is 1350. The van der Waals surface area contributed by atoms with Crippen molar-refractivity contribution in [2.75, 3.05) is 0 Å². The number of nitrogens with one attached hydrogen (secondary N) is 1. The molecule has 32 heavy (non-hydrogen) atoms. The van der Waals surface area contributed by atoms with E-state index in [2.05, 4.69) is 25.5 Å². The summed E-state index contributed by atoms with van der Waals surface area (Å²) in [6.45, 7) is 0.305. The Labute approximate surface area is 186 Å². The van der Waals surface area contributed by atoms with E-state index in [0.29, 0.717) is 18.1 Å². The molecule has 1 amide bonds. The summed E-state index contributed by atoms with van der Waals surface area (Å²) >= 11 is 1.46. The average Bonchev–Trinajstić information content (AvgIpc) is 3.59. The normalized spacial score (nSPS) is 10.9. The lowest BCUT2D eigenvalue weighted by molar-refractivity contribution is 0.0940. The summed E-state index contributed by atoms with van der Waals surface area (Å²) in [6.07, 6.45) is 3.08. The van der Waals surface area contributed by atoms with E-state index < -0.39 is 11.7 Å². The average molecular weight is 445 g/mol. The molecule has 0 bridgehead atoms. The van der Waals surface area contributed by atoms with Gasteiger partial charge in [0.15, 0.2) is 5.82 Å². The predicted molar refractivity (Wildman–Crippen MR) is 117 cm³/mol. The Morgan fingerprint density at radius 1 is 1.06 bits per heavy atom. The van der Waals surface area contributed by atoms with E-state index in [1.807, 2.05) is 41.8 Å². The molecule has 2 aromatic carbocycles. The van der Waals surface area contributed by atoms with Gasteiger partial charge >= 0.3 is 0 Å². The zero-order valence-electron chi connectivity index (χ0n) is 16.6. The van der Waals surface area contributed by atoms with Gasteiger partial charge in [-0.05, 0) is 47.3 Å². The molecule has 0 aliphatic heterocycles. The van der Waals surface area contributed by atoms with Crippen molar-refractivity contribution in [1.82, 2.24) is 34.8 Å². The maximum absolute atomic E-state index is 13.8. The Morgan fingerprint density at radius 2 is 1.94 bits per heavy atom. The quantitative estimate of drug-likeness (QED) is 0.431. The second kappa shape index (κ2) is 8.52. The molecule has 0 atom stereocenters. The molecule has 0 saturated carbocycles. The van der Waals surface area contributed by atoms with Gasteiger partial charge < -0.3 is 5.32 Å². The molecule has 5 rings (SSSR count). The highest BCUT2D eigenvalue weighted by molar-refractivity contribution is 7.13. The van der Waals surface area contributed by atoms with Crippen molar-refractivity contribution >= 4 is 17.2 Å². The molecule has 0 unspecified atom stereocenters. The van der Waals surface area contributed by atoms with Crippen LogP contribution in [0, 0.1) is 5.82 Å². The van der Waals surface area contributed by atoms with E-state index in [-0.39, 0.29) is 5.82 Å². The Morgan fingerprint density at radius 3 is 2.66 bits per heavy atom. The van der Waals surface area contributed by atoms with Crippen LogP contribution in [0.25, 0.3) is 22.1 Å². The van der Waals surface area contributed by atoms with Crippen molar-refractivity contribution in [2.45, 2.75) is 6.54 Å². The molecule has 0 radical (unpaired) electrons. The van der Waals surface area contributed by atoms with Gasteiger partial charge in [-0.2, -0.15) is 5.10 Å². The summed E-state index contributed by atoms with van der Waals surface area (Å²) in [5.74, 6) is -0.321. The van der Waals surface area contributed by atoms with Crippen LogP contribution in [0.4, 0.5) is 4.39 Å². The second-order valence-corrected chi connectivity index (χ2v) is 7.76. The van der Waals surface area contributed by atoms with Crippen molar-refractivity contribution in [3.63, 3.8) is 0 Å². The van der Waals surface area contributed by atoms with E-state index in [4.69, 9.17) is 0 Å². The topological polar surface area (TPSA) is 90.5 Å². The number of hydrogen-bond donors (Lipinski definition) is 1. The summed E-state index contributed by atoms with van der Waals surface area (Å²) in [7, 11) is 0. The maximum Gasteiger partial charge on any atom is 0.291 e. The first-order chi connectivity index (χ1) is 15.7. The molecule has 8 nitrogen and oxygen atoms in total. The first-order valence-corrected chi connectivity index (χ1v) is 10.5. The largest absolute Gasteiger partial charge is 0.345 e. The fourth-order valence-electron chi connectivity index (χ4n) is 3.13. The first kappa shape index (κ1) is 19.8. The number of nitrogens with zero attached hydrogens (tertiary/aromatic N) is 6. The van der Waals surface area contributed by atoms with E-state index >= 15 is 0 Å². The lowest BCUT2D eigenvalue weighted by Gasteiger charge is -2.05. The van der Waals surface area contributed by atoms with Crippen LogP contribution in [0.1, 0.15) is 16.2 Å². The van der Waals surface area contributed by atoms with Crippen LogP contribution < -0.4 is 5.32 Å². The number of hydrogen-bond acceptors (Lipinski definition) is 6. The minimum absolute atomic E-state index is 0.0110. The van der Waals surface area contributed by atoms with Gasteiger partial charge in [0, 0.05) is 6.54 Å². The standard InChI is InChI=1S/C22H16FN7OS/c23-16-3-1-4-18(11-16)30-21(19-5-2-10-32-19)27-20(28-30)22(31)25-12-15-6-8-17(9-7-15)29-14-24-13-26-29/h1-11,13-14H,12H2,(H,25,31). The number of rotatable bonds is 6. The Kier molecular flexibility index (Phi) is 5.26. The van der Waals surface area contributed by atoms with Crippen LogP contribution in [0.3, 0.4) is 0 Å². The number of carbonyl (C=O) groups excluding carboxylic acids is 1. The maximum atomic E-state index is 13.8. The molecular formula is C22H16FN7OS. The molecule has 158 valence electrons. The van der Waals surface area contributed by atoms with Crippen LogP contribution in [-0.2, 0) is 6.54 Å². The fraction of sp³-hybridized carbons (Fsp3) is 0.0455. The zero-order valence-corrected chi connectivity index (χ0v) is 17.4. The number of carbonyl (C=O) groups is 1. The number of thiophene rings is 1. The molecule has 0 saturated heterocycles. The van der Waals surface area contributed by atoms with Crippen molar-refractivity contribution < 1.29 is 9.18 Å². The van der Waals surface area contributed by atoms with Gasteiger partial charge in [-0.1, -0.05) is 24.3 Å². The molecule has 0 spiro atoms. The van der Waals surface area contributed by atoms with E-state index in [9.17, 15) is 9.18 Å². The molecule has 0 aliphatic carbocycles. The van der Waals surface area contributed by atoms with Crippen LogP contribution in [0.5, 0.6) is 0 Å². The minimum Gasteiger partial charge on any atom is -0.345 e. The van der Waals surface area contributed by atoms with E-state index in [1.165, 1.54) is 34.5 Å². The SMILES string of the molecule is O=C(NCc1ccc(-n2cncn2)cc1)c1nc(-c2cccs2)n(-c2cccc(F)c2)n1. The van der Waals surface area contributed by atoms with E-state index in [1.54, 1.807) is 23.1 Å². The number of aromatic nitrogens is 6. The molecule has 1 N–H and O–H groups in total. The lowest BCUT2D eigenvalue weighted by atomic mass is 10.2. The van der Waals surface area contributed by atoms with Gasteiger partial charge in [-0.3, -0.25) is 4.79 Å². The molecule has 10 heteroatoms. The highest BCUT2D eigenvalue weighted by Gasteiger charge is 2.19. The van der Waals surface area contributed by atoms with Gasteiger partial charge in [0.25, 0.3) is 5.91 Å². The summed E-state index contributed by atoms with van der Waals surface area (Å²) in [5.41, 5.74) is 2.27. The Balaban J connectivity index is 1.36. The number of benzene rings is 2. The summed E-state index contributed by atoms with van der Waals surface area (Å²) < 4.78 is 16.9. The fourth-order valence-corrected chi connectivity index (χ4v) is 3.83. The third kappa shape index (κ3) is 4.03. The monoisotopic (exact) mass is 445 g/mol. The van der Waals surface area contributed by atoms with Crippen LogP contribution in [-0.4, -0.2) is 35.4 Å². The third-order valence-corrected chi connectivity index (χ3v) is 5.54. The third-order valence-electron chi connectivity index (χ3n) is 4.68. The second-order valence-electron chi connectivity index (χ2n) is 6.82. The zero-order chi connectivity index (χ0) is 21.9. The Hall–Kier alpha value is -4.18. The highest BCUT2D eigenvalue weighted by atomic mass is 32.1. The van der Waals surface area contributed by atoms with Crippen molar-refractivity contribution in [1.29, 1.82) is 0 Å². The predicted octanol–water partition coefficient (Wildman–Crippen LogP) is 3.65. The minimum atomic E-state index is -0.418. The molecule has 0 aliphatic rings. The lowest BCUT2D eigenvalue weighted by Crippen LogP contribution is -2.24. The smallest absolute Gasteiger partial charge is 0.291 e. The van der Waals surface area contributed by atoms with Gasteiger partial charge in [-0.15, -0.1) is 16.4 Å². The van der Waals surface area contributed by atoms with Gasteiger partial charge in [0.1, 0.15) is 18.5 Å². The molecule has 0 fully saturated rings. The van der Waals surface area contributed by atoms with Gasteiger partial charge in [0.2, 0.25) is 5.82 Å². The summed E-state index contributed by atoms with van der Waals surface area (Å²) in [4.78, 5) is 21.9. The van der Waals surface area contributed by atoms with Crippen LogP contribution in [0.15, 0.2) is 78.7 Å². The molecule has 5 aromatic rings. The van der Waals surface area contributed by atoms with Crippen molar-refractivity contribution in [3.8, 4) is 22.1 Å².